The summed E-state index contributed by atoms with van der Waals surface area (Å²) in [4.78, 5) is 14.1. The lowest BCUT2D eigenvalue weighted by Crippen LogP contribution is -2.38. The highest BCUT2D eigenvalue weighted by atomic mass is 35.5. The van der Waals surface area contributed by atoms with E-state index in [1.54, 1.807) is 0 Å². The fourth-order valence-corrected chi connectivity index (χ4v) is 2.48. The molecule has 0 saturated carbocycles. The van der Waals surface area contributed by atoms with Gasteiger partial charge in [0.1, 0.15) is 0 Å². The quantitative estimate of drug-likeness (QED) is 0.668. The summed E-state index contributed by atoms with van der Waals surface area (Å²) >= 11 is 5.70. The summed E-state index contributed by atoms with van der Waals surface area (Å²) in [7, 11) is 0. The van der Waals surface area contributed by atoms with Gasteiger partial charge in [0.05, 0.1) is 6.10 Å². The number of rotatable bonds is 7. The topological polar surface area (TPSA) is 29.5 Å². The monoisotopic (exact) mass is 275 g/mol. The molecule has 1 amide bonds. The molecule has 106 valence electrons. The Balaban J connectivity index is 2.31. The predicted octanol–water partition coefficient (Wildman–Crippen LogP) is 3.20. The molecule has 3 nitrogen and oxygen atoms in total. The molecule has 1 unspecified atom stereocenters. The van der Waals surface area contributed by atoms with Crippen LogP contribution < -0.4 is 0 Å². The van der Waals surface area contributed by atoms with E-state index in [-0.39, 0.29) is 11.9 Å². The lowest BCUT2D eigenvalue weighted by Gasteiger charge is -2.28. The van der Waals surface area contributed by atoms with Gasteiger partial charge in [-0.1, -0.05) is 0 Å². The highest BCUT2D eigenvalue weighted by Gasteiger charge is 2.19. The van der Waals surface area contributed by atoms with Gasteiger partial charge in [0, 0.05) is 31.5 Å². The number of carbonyl (C=O) groups is 1. The van der Waals surface area contributed by atoms with E-state index >= 15 is 0 Å². The van der Waals surface area contributed by atoms with Crippen LogP contribution >= 0.6 is 11.6 Å². The van der Waals surface area contributed by atoms with Crippen LogP contribution in [0, 0.1) is 0 Å². The first-order valence-electron chi connectivity index (χ1n) is 7.12. The van der Waals surface area contributed by atoms with E-state index in [1.807, 2.05) is 4.90 Å². The van der Waals surface area contributed by atoms with E-state index in [2.05, 4.69) is 13.8 Å². The molecule has 0 aliphatic carbocycles. The van der Waals surface area contributed by atoms with Gasteiger partial charge in [-0.15, -0.1) is 11.6 Å². The van der Waals surface area contributed by atoms with Crippen LogP contribution in [0.4, 0.5) is 0 Å². The number of alkyl halides is 1. The van der Waals surface area contributed by atoms with E-state index < -0.39 is 0 Å². The standard InChI is InChI=1S/C14H26ClNO2/c1-12(2)16(10-5-9-15)14(17)8-7-13-6-3-4-11-18-13/h12-13H,3-11H2,1-2H3. The second-order valence-corrected chi connectivity index (χ2v) is 5.63. The van der Waals surface area contributed by atoms with E-state index in [4.69, 9.17) is 16.3 Å². The van der Waals surface area contributed by atoms with E-state index in [9.17, 15) is 4.79 Å². The molecule has 0 bridgehead atoms. The van der Waals surface area contributed by atoms with E-state index in [1.165, 1.54) is 6.42 Å². The fraction of sp³-hybridized carbons (Fsp3) is 0.929. The van der Waals surface area contributed by atoms with Gasteiger partial charge in [0.15, 0.2) is 0 Å². The zero-order valence-corrected chi connectivity index (χ0v) is 12.4. The molecule has 0 aromatic carbocycles. The number of carbonyl (C=O) groups excluding carboxylic acids is 1. The van der Waals surface area contributed by atoms with Crippen molar-refractivity contribution in [2.75, 3.05) is 19.0 Å². The molecule has 1 aliphatic heterocycles. The Labute approximate surface area is 116 Å². The summed E-state index contributed by atoms with van der Waals surface area (Å²) < 4.78 is 5.66. The SMILES string of the molecule is CC(C)N(CCCCl)C(=O)CCC1CCCCO1. The van der Waals surface area contributed by atoms with Gasteiger partial charge in [0.25, 0.3) is 0 Å². The van der Waals surface area contributed by atoms with Gasteiger partial charge >= 0.3 is 0 Å². The minimum Gasteiger partial charge on any atom is -0.378 e. The molecule has 0 aromatic rings. The normalized spacial score (nSPS) is 20.1. The highest BCUT2D eigenvalue weighted by molar-refractivity contribution is 6.17. The molecule has 0 aromatic heterocycles. The molecule has 1 rings (SSSR count). The number of hydrogen-bond acceptors (Lipinski definition) is 2. The van der Waals surface area contributed by atoms with Gasteiger partial charge in [-0.25, -0.2) is 0 Å². The minimum absolute atomic E-state index is 0.240. The number of ether oxygens (including phenoxy) is 1. The second-order valence-electron chi connectivity index (χ2n) is 5.25. The molecular weight excluding hydrogens is 250 g/mol. The third-order valence-electron chi connectivity index (χ3n) is 3.43. The molecule has 0 N–H and O–H groups in total. The van der Waals surface area contributed by atoms with Gasteiger partial charge in [-0.05, 0) is 46.0 Å². The summed E-state index contributed by atoms with van der Waals surface area (Å²) in [5.41, 5.74) is 0. The average Bonchev–Trinajstić information content (AvgIpc) is 2.37. The van der Waals surface area contributed by atoms with E-state index in [0.717, 1.165) is 38.8 Å². The van der Waals surface area contributed by atoms with Crippen molar-refractivity contribution in [1.29, 1.82) is 0 Å². The molecule has 1 fully saturated rings. The number of halogens is 1. The Kier molecular flexibility index (Phi) is 7.68. The summed E-state index contributed by atoms with van der Waals surface area (Å²) in [6.07, 6.45) is 6.14. The lowest BCUT2D eigenvalue weighted by atomic mass is 10.0. The molecule has 18 heavy (non-hydrogen) atoms. The Morgan fingerprint density at radius 3 is 2.78 bits per heavy atom. The number of nitrogens with zero attached hydrogens (tertiary/aromatic N) is 1. The van der Waals surface area contributed by atoms with Crippen molar-refractivity contribution in [3.8, 4) is 0 Å². The molecule has 1 atom stereocenters. The van der Waals surface area contributed by atoms with Crippen molar-refractivity contribution >= 4 is 17.5 Å². The molecule has 4 heteroatoms. The van der Waals surface area contributed by atoms with Crippen LogP contribution in [0.2, 0.25) is 0 Å². The Morgan fingerprint density at radius 1 is 1.44 bits per heavy atom. The maximum Gasteiger partial charge on any atom is 0.222 e. The van der Waals surface area contributed by atoms with E-state index in [0.29, 0.717) is 18.4 Å². The van der Waals surface area contributed by atoms with Crippen LogP contribution in [0.25, 0.3) is 0 Å². The summed E-state index contributed by atoms with van der Waals surface area (Å²) in [6.45, 7) is 5.75. The maximum absolute atomic E-state index is 12.2. The first-order valence-corrected chi connectivity index (χ1v) is 7.65. The summed E-state index contributed by atoms with van der Waals surface area (Å²) in [6, 6.07) is 0.257. The van der Waals surface area contributed by atoms with Gasteiger partial charge < -0.3 is 9.64 Å². The largest absolute Gasteiger partial charge is 0.378 e. The third kappa shape index (κ3) is 5.57. The Morgan fingerprint density at radius 2 is 2.22 bits per heavy atom. The highest BCUT2D eigenvalue weighted by Crippen LogP contribution is 2.18. The van der Waals surface area contributed by atoms with Gasteiger partial charge in [-0.3, -0.25) is 4.79 Å². The van der Waals surface area contributed by atoms with Crippen LogP contribution in [0.5, 0.6) is 0 Å². The molecule has 1 heterocycles. The van der Waals surface area contributed by atoms with Crippen LogP contribution in [0.1, 0.15) is 52.4 Å². The average molecular weight is 276 g/mol. The second kappa shape index (κ2) is 8.76. The number of hydrogen-bond donors (Lipinski definition) is 0. The Hall–Kier alpha value is -0.280. The maximum atomic E-state index is 12.2. The van der Waals surface area contributed by atoms with Crippen molar-refractivity contribution < 1.29 is 9.53 Å². The van der Waals surface area contributed by atoms with Crippen molar-refractivity contribution in [2.45, 2.75) is 64.5 Å². The van der Waals surface area contributed by atoms with Crippen molar-refractivity contribution in [2.24, 2.45) is 0 Å². The Bertz CT molecular complexity index is 240. The minimum atomic E-state index is 0.240. The lowest BCUT2D eigenvalue weighted by molar-refractivity contribution is -0.134. The molecule has 0 spiro atoms. The molecule has 1 saturated heterocycles. The molecule has 1 aliphatic rings. The molecule has 0 radical (unpaired) electrons. The predicted molar refractivity (Wildman–Crippen MR) is 75.0 cm³/mol. The number of amides is 1. The zero-order chi connectivity index (χ0) is 13.4. The first-order chi connectivity index (χ1) is 8.65. The zero-order valence-electron chi connectivity index (χ0n) is 11.7. The van der Waals surface area contributed by atoms with Crippen molar-refractivity contribution in [3.05, 3.63) is 0 Å². The van der Waals surface area contributed by atoms with Crippen LogP contribution in [0.15, 0.2) is 0 Å². The fourth-order valence-electron chi connectivity index (χ4n) is 2.36. The van der Waals surface area contributed by atoms with Crippen molar-refractivity contribution in [1.82, 2.24) is 4.90 Å². The van der Waals surface area contributed by atoms with Crippen LogP contribution in [0.3, 0.4) is 0 Å². The van der Waals surface area contributed by atoms with Crippen LogP contribution in [-0.4, -0.2) is 42.0 Å². The summed E-state index contributed by atoms with van der Waals surface area (Å²) in [5, 5.41) is 0. The smallest absolute Gasteiger partial charge is 0.222 e. The van der Waals surface area contributed by atoms with Gasteiger partial charge in [-0.2, -0.15) is 0 Å². The van der Waals surface area contributed by atoms with Crippen LogP contribution in [-0.2, 0) is 9.53 Å². The summed E-state index contributed by atoms with van der Waals surface area (Å²) in [5.74, 6) is 0.853. The first kappa shape index (κ1) is 15.8. The van der Waals surface area contributed by atoms with Gasteiger partial charge in [0.2, 0.25) is 5.91 Å². The molecular formula is C14H26ClNO2. The van der Waals surface area contributed by atoms with Crippen molar-refractivity contribution in [3.63, 3.8) is 0 Å². The third-order valence-corrected chi connectivity index (χ3v) is 3.70.